The summed E-state index contributed by atoms with van der Waals surface area (Å²) in [6, 6.07) is 11.9. The van der Waals surface area contributed by atoms with Gasteiger partial charge in [-0.3, -0.25) is 4.79 Å². The van der Waals surface area contributed by atoms with Crippen molar-refractivity contribution in [2.45, 2.75) is 39.5 Å². The number of ether oxygens (including phenoxy) is 3. The largest absolute Gasteiger partial charge is 0.497 e. The van der Waals surface area contributed by atoms with Gasteiger partial charge in [0, 0.05) is 47.0 Å². The number of rotatable bonds is 5. The normalized spacial score (nSPS) is 19.5. The van der Waals surface area contributed by atoms with Gasteiger partial charge in [-0.1, -0.05) is 26.0 Å². The molecule has 30 heavy (non-hydrogen) atoms. The van der Waals surface area contributed by atoms with Gasteiger partial charge in [-0.05, 0) is 36.5 Å². The van der Waals surface area contributed by atoms with E-state index in [2.05, 4.69) is 19.2 Å². The number of carbonyl (C=O) groups is 1. The number of nitrogens with one attached hydrogen (secondary N) is 1. The van der Waals surface area contributed by atoms with Gasteiger partial charge < -0.3 is 19.5 Å². The Balaban J connectivity index is 1.92. The number of fused-ring (bicyclic) bond motifs is 1. The summed E-state index contributed by atoms with van der Waals surface area (Å²) in [6.07, 6.45) is 1.36. The van der Waals surface area contributed by atoms with Crippen LogP contribution in [-0.4, -0.2) is 26.6 Å². The molecule has 0 radical (unpaired) electrons. The smallest absolute Gasteiger partial charge is 0.162 e. The number of benzene rings is 2. The molecule has 1 aliphatic heterocycles. The molecule has 2 aliphatic rings. The molecule has 0 saturated heterocycles. The molecule has 0 spiro atoms. The average molecular weight is 408 g/mol. The number of hydrogen-bond donors (Lipinski definition) is 1. The number of allylic oxidation sites excluding steroid dienone is 2. The first-order valence-electron chi connectivity index (χ1n) is 10.4. The fourth-order valence-electron chi connectivity index (χ4n) is 4.63. The van der Waals surface area contributed by atoms with Crippen LogP contribution in [0, 0.1) is 5.41 Å². The maximum Gasteiger partial charge on any atom is 0.162 e. The highest BCUT2D eigenvalue weighted by molar-refractivity contribution is 6.02. The second-order valence-electron chi connectivity index (χ2n) is 8.68. The van der Waals surface area contributed by atoms with Crippen molar-refractivity contribution in [2.75, 3.05) is 26.1 Å². The standard InChI is InChI=1S/C25H29NO4/c1-6-30-16-9-7-15(8-10-16)22-23-19(13-25(2,3)14-20(23)27)26-18-11-17(28-4)12-21(29-5)24(18)22/h7-12,22,26H,6,13-14H2,1-5H3. The minimum Gasteiger partial charge on any atom is -0.497 e. The van der Waals surface area contributed by atoms with Crippen molar-refractivity contribution >= 4 is 11.5 Å². The molecule has 0 aromatic heterocycles. The Kier molecular flexibility index (Phi) is 5.22. The molecule has 5 heteroatoms. The van der Waals surface area contributed by atoms with E-state index in [1.165, 1.54) is 0 Å². The van der Waals surface area contributed by atoms with E-state index in [1.807, 2.05) is 43.3 Å². The van der Waals surface area contributed by atoms with E-state index in [0.717, 1.165) is 40.3 Å². The van der Waals surface area contributed by atoms with Crippen molar-refractivity contribution in [3.8, 4) is 17.2 Å². The third kappa shape index (κ3) is 3.53. The Bertz CT molecular complexity index is 1000. The molecule has 4 rings (SSSR count). The fraction of sp³-hybridized carbons (Fsp3) is 0.400. The van der Waals surface area contributed by atoms with E-state index in [1.54, 1.807) is 14.2 Å². The van der Waals surface area contributed by atoms with Crippen molar-refractivity contribution in [1.82, 2.24) is 0 Å². The summed E-state index contributed by atoms with van der Waals surface area (Å²) < 4.78 is 16.8. The molecule has 0 fully saturated rings. The summed E-state index contributed by atoms with van der Waals surface area (Å²) in [4.78, 5) is 13.3. The van der Waals surface area contributed by atoms with Crippen LogP contribution in [0.15, 0.2) is 47.7 Å². The number of anilines is 1. The first-order chi connectivity index (χ1) is 14.4. The molecule has 1 aliphatic carbocycles. The zero-order valence-electron chi connectivity index (χ0n) is 18.3. The van der Waals surface area contributed by atoms with Gasteiger partial charge in [0.15, 0.2) is 5.78 Å². The molecule has 1 unspecified atom stereocenters. The van der Waals surface area contributed by atoms with Gasteiger partial charge in [-0.25, -0.2) is 0 Å². The molecule has 158 valence electrons. The van der Waals surface area contributed by atoms with Crippen LogP contribution in [0.3, 0.4) is 0 Å². The summed E-state index contributed by atoms with van der Waals surface area (Å²) in [5.74, 6) is 2.24. The summed E-state index contributed by atoms with van der Waals surface area (Å²) in [5.41, 5.74) is 4.70. The lowest BCUT2D eigenvalue weighted by atomic mass is 9.68. The van der Waals surface area contributed by atoms with E-state index in [9.17, 15) is 4.79 Å². The predicted molar refractivity (Wildman–Crippen MR) is 118 cm³/mol. The Morgan fingerprint density at radius 1 is 1.03 bits per heavy atom. The summed E-state index contributed by atoms with van der Waals surface area (Å²) in [6.45, 7) is 6.87. The van der Waals surface area contributed by atoms with Gasteiger partial charge in [0.05, 0.1) is 20.8 Å². The van der Waals surface area contributed by atoms with Gasteiger partial charge >= 0.3 is 0 Å². The number of ketones is 1. The zero-order valence-corrected chi connectivity index (χ0v) is 18.3. The highest BCUT2D eigenvalue weighted by Gasteiger charge is 2.42. The van der Waals surface area contributed by atoms with Crippen molar-refractivity contribution in [3.63, 3.8) is 0 Å². The topological polar surface area (TPSA) is 56.8 Å². The second-order valence-corrected chi connectivity index (χ2v) is 8.68. The lowest BCUT2D eigenvalue weighted by Gasteiger charge is -2.40. The molecule has 2 aromatic rings. The van der Waals surface area contributed by atoms with Gasteiger partial charge in [-0.2, -0.15) is 0 Å². The average Bonchev–Trinajstić information content (AvgIpc) is 2.71. The Hall–Kier alpha value is -2.95. The highest BCUT2D eigenvalue weighted by atomic mass is 16.5. The van der Waals surface area contributed by atoms with Crippen LogP contribution in [-0.2, 0) is 4.79 Å². The number of Topliss-reactive ketones (excluding diaryl/α,β-unsaturated/α-hetero) is 1. The quantitative estimate of drug-likeness (QED) is 0.729. The zero-order chi connectivity index (χ0) is 21.5. The van der Waals surface area contributed by atoms with Crippen molar-refractivity contribution in [3.05, 3.63) is 58.8 Å². The first-order valence-corrected chi connectivity index (χ1v) is 10.4. The molecule has 0 amide bonds. The lowest BCUT2D eigenvalue weighted by molar-refractivity contribution is -0.118. The molecule has 1 N–H and O–H groups in total. The predicted octanol–water partition coefficient (Wildman–Crippen LogP) is 5.30. The maximum absolute atomic E-state index is 13.3. The molecular weight excluding hydrogens is 378 g/mol. The van der Waals surface area contributed by atoms with Gasteiger partial charge in [0.1, 0.15) is 17.2 Å². The molecular formula is C25H29NO4. The van der Waals surface area contributed by atoms with E-state index in [4.69, 9.17) is 14.2 Å². The molecule has 0 saturated carbocycles. The highest BCUT2D eigenvalue weighted by Crippen LogP contribution is 2.52. The van der Waals surface area contributed by atoms with Crippen LogP contribution < -0.4 is 19.5 Å². The summed E-state index contributed by atoms with van der Waals surface area (Å²) in [5, 5.41) is 3.54. The third-order valence-electron chi connectivity index (χ3n) is 5.88. The van der Waals surface area contributed by atoms with Crippen LogP contribution in [0.25, 0.3) is 0 Å². The Labute approximate surface area is 178 Å². The van der Waals surface area contributed by atoms with Gasteiger partial charge in [-0.15, -0.1) is 0 Å². The van der Waals surface area contributed by atoms with E-state index in [-0.39, 0.29) is 17.1 Å². The number of hydrogen-bond acceptors (Lipinski definition) is 5. The van der Waals surface area contributed by atoms with Gasteiger partial charge in [0.25, 0.3) is 0 Å². The fourth-order valence-corrected chi connectivity index (χ4v) is 4.63. The van der Waals surface area contributed by atoms with Crippen molar-refractivity contribution < 1.29 is 19.0 Å². The molecule has 1 heterocycles. The van der Waals surface area contributed by atoms with Crippen LogP contribution in [0.1, 0.15) is 50.7 Å². The number of methoxy groups -OCH3 is 2. The molecule has 0 bridgehead atoms. The molecule has 1 atom stereocenters. The molecule has 2 aromatic carbocycles. The minimum absolute atomic E-state index is 0.0766. The molecule has 5 nitrogen and oxygen atoms in total. The van der Waals surface area contributed by atoms with Crippen molar-refractivity contribution in [2.24, 2.45) is 5.41 Å². The van der Waals surface area contributed by atoms with Gasteiger partial charge in [0.2, 0.25) is 0 Å². The Morgan fingerprint density at radius 3 is 2.40 bits per heavy atom. The van der Waals surface area contributed by atoms with E-state index >= 15 is 0 Å². The Morgan fingerprint density at radius 2 is 1.77 bits per heavy atom. The maximum atomic E-state index is 13.3. The third-order valence-corrected chi connectivity index (χ3v) is 5.88. The SMILES string of the molecule is CCOc1ccc(C2C3=C(CC(C)(C)CC3=O)Nc3cc(OC)cc(OC)c32)cc1. The van der Waals surface area contributed by atoms with Crippen LogP contribution in [0.5, 0.6) is 17.2 Å². The lowest BCUT2D eigenvalue weighted by Crippen LogP contribution is -2.34. The minimum atomic E-state index is -0.198. The van der Waals surface area contributed by atoms with E-state index < -0.39 is 0 Å². The monoisotopic (exact) mass is 407 g/mol. The van der Waals surface area contributed by atoms with E-state index in [0.29, 0.717) is 24.5 Å². The van der Waals surface area contributed by atoms with Crippen LogP contribution >= 0.6 is 0 Å². The van der Waals surface area contributed by atoms with Crippen LogP contribution in [0.4, 0.5) is 5.69 Å². The van der Waals surface area contributed by atoms with Crippen molar-refractivity contribution in [1.29, 1.82) is 0 Å². The van der Waals surface area contributed by atoms with Crippen LogP contribution in [0.2, 0.25) is 0 Å². The number of carbonyl (C=O) groups excluding carboxylic acids is 1. The summed E-state index contributed by atoms with van der Waals surface area (Å²) in [7, 11) is 3.30. The summed E-state index contributed by atoms with van der Waals surface area (Å²) >= 11 is 0. The first kappa shape index (κ1) is 20.3. The second kappa shape index (κ2) is 7.71.